The standard InChI is InChI=1S/C10H9F2N3S/c1-6(10-13-2-3-16-10)15-9-8(12)4-7(11)5-14-9/h2-6H,1H3,(H,14,15). The zero-order valence-corrected chi connectivity index (χ0v) is 9.26. The van der Waals surface area contributed by atoms with Gasteiger partial charge in [-0.25, -0.2) is 18.7 Å². The van der Waals surface area contributed by atoms with Crippen molar-refractivity contribution >= 4 is 17.2 Å². The van der Waals surface area contributed by atoms with E-state index in [9.17, 15) is 8.78 Å². The molecule has 0 aliphatic heterocycles. The van der Waals surface area contributed by atoms with Crippen LogP contribution in [-0.2, 0) is 0 Å². The predicted octanol–water partition coefficient (Wildman–Crippen LogP) is 2.99. The van der Waals surface area contributed by atoms with Crippen molar-refractivity contribution in [3.05, 3.63) is 40.5 Å². The third kappa shape index (κ3) is 2.33. The molecule has 0 saturated heterocycles. The van der Waals surface area contributed by atoms with E-state index in [0.717, 1.165) is 17.3 Å². The van der Waals surface area contributed by atoms with E-state index in [1.165, 1.54) is 11.3 Å². The van der Waals surface area contributed by atoms with Crippen LogP contribution in [0.25, 0.3) is 0 Å². The lowest BCUT2D eigenvalue weighted by molar-refractivity contribution is 0.574. The van der Waals surface area contributed by atoms with Crippen molar-refractivity contribution in [3.8, 4) is 0 Å². The quantitative estimate of drug-likeness (QED) is 0.897. The van der Waals surface area contributed by atoms with Crippen LogP contribution in [0.3, 0.4) is 0 Å². The number of nitrogens with one attached hydrogen (secondary N) is 1. The molecule has 0 amide bonds. The summed E-state index contributed by atoms with van der Waals surface area (Å²) in [5, 5.41) is 5.49. The lowest BCUT2D eigenvalue weighted by atomic mass is 10.3. The van der Waals surface area contributed by atoms with Gasteiger partial charge in [0.15, 0.2) is 11.6 Å². The number of aromatic nitrogens is 2. The minimum atomic E-state index is -0.705. The summed E-state index contributed by atoms with van der Waals surface area (Å²) in [6, 6.07) is 0.636. The Bertz CT molecular complexity index is 473. The summed E-state index contributed by atoms with van der Waals surface area (Å²) in [5.74, 6) is -1.36. The van der Waals surface area contributed by atoms with Crippen LogP contribution in [-0.4, -0.2) is 9.97 Å². The van der Waals surface area contributed by atoms with Gasteiger partial charge >= 0.3 is 0 Å². The smallest absolute Gasteiger partial charge is 0.168 e. The van der Waals surface area contributed by atoms with Gasteiger partial charge in [-0.05, 0) is 6.92 Å². The summed E-state index contributed by atoms with van der Waals surface area (Å²) in [5.41, 5.74) is 0. The lowest BCUT2D eigenvalue weighted by Crippen LogP contribution is -2.09. The Balaban J connectivity index is 2.15. The van der Waals surface area contributed by atoms with Gasteiger partial charge in [0.1, 0.15) is 10.8 Å². The molecule has 6 heteroatoms. The molecule has 0 aliphatic carbocycles. The first-order valence-corrected chi connectivity index (χ1v) is 5.52. The van der Waals surface area contributed by atoms with Crippen molar-refractivity contribution in [2.24, 2.45) is 0 Å². The first-order chi connectivity index (χ1) is 7.66. The van der Waals surface area contributed by atoms with Crippen LogP contribution in [0, 0.1) is 11.6 Å². The second-order valence-corrected chi connectivity index (χ2v) is 4.15. The first kappa shape index (κ1) is 10.9. The van der Waals surface area contributed by atoms with Crippen molar-refractivity contribution in [2.45, 2.75) is 13.0 Å². The number of nitrogens with zero attached hydrogens (tertiary/aromatic N) is 2. The van der Waals surface area contributed by atoms with Crippen LogP contribution < -0.4 is 5.32 Å². The molecule has 2 aromatic rings. The number of pyridine rings is 1. The van der Waals surface area contributed by atoms with Crippen LogP contribution in [0.2, 0.25) is 0 Å². The maximum absolute atomic E-state index is 13.3. The average Bonchev–Trinajstić information content (AvgIpc) is 2.75. The number of hydrogen-bond acceptors (Lipinski definition) is 4. The Morgan fingerprint density at radius 2 is 2.19 bits per heavy atom. The second kappa shape index (κ2) is 4.52. The molecule has 2 rings (SSSR count). The molecule has 84 valence electrons. The molecular formula is C10H9F2N3S. The number of hydrogen-bond donors (Lipinski definition) is 1. The molecular weight excluding hydrogens is 232 g/mol. The van der Waals surface area contributed by atoms with E-state index >= 15 is 0 Å². The summed E-state index contributed by atoms with van der Waals surface area (Å²) < 4.78 is 25.9. The highest BCUT2D eigenvalue weighted by atomic mass is 32.1. The zero-order valence-electron chi connectivity index (χ0n) is 8.45. The molecule has 3 nitrogen and oxygen atoms in total. The maximum atomic E-state index is 13.3. The van der Waals surface area contributed by atoms with Gasteiger partial charge in [-0.2, -0.15) is 0 Å². The van der Waals surface area contributed by atoms with Gasteiger partial charge in [0.05, 0.1) is 12.2 Å². The molecule has 0 bridgehead atoms. The van der Waals surface area contributed by atoms with Crippen LogP contribution >= 0.6 is 11.3 Å². The molecule has 0 spiro atoms. The largest absolute Gasteiger partial charge is 0.359 e. The van der Waals surface area contributed by atoms with E-state index in [1.54, 1.807) is 6.20 Å². The highest BCUT2D eigenvalue weighted by Crippen LogP contribution is 2.21. The van der Waals surface area contributed by atoms with Gasteiger partial charge in [-0.3, -0.25) is 0 Å². The molecule has 1 unspecified atom stereocenters. The molecule has 0 aromatic carbocycles. The number of thiazole rings is 1. The van der Waals surface area contributed by atoms with Crippen molar-refractivity contribution in [1.82, 2.24) is 9.97 Å². The summed E-state index contributed by atoms with van der Waals surface area (Å²) in [6.07, 6.45) is 2.65. The van der Waals surface area contributed by atoms with E-state index < -0.39 is 11.6 Å². The Labute approximate surface area is 95.2 Å². The minimum Gasteiger partial charge on any atom is -0.359 e. The number of halogens is 2. The van der Waals surface area contributed by atoms with Crippen LogP contribution in [0.4, 0.5) is 14.6 Å². The topological polar surface area (TPSA) is 37.8 Å². The fraction of sp³-hybridized carbons (Fsp3) is 0.200. The molecule has 0 saturated carbocycles. The third-order valence-corrected chi connectivity index (χ3v) is 2.94. The molecule has 2 aromatic heterocycles. The van der Waals surface area contributed by atoms with Crippen molar-refractivity contribution in [3.63, 3.8) is 0 Å². The predicted molar refractivity (Wildman–Crippen MR) is 58.3 cm³/mol. The van der Waals surface area contributed by atoms with Gasteiger partial charge in [0, 0.05) is 17.6 Å². The summed E-state index contributed by atoms with van der Waals surface area (Å²) in [7, 11) is 0. The SMILES string of the molecule is CC(Nc1ncc(F)cc1F)c1nccs1. The number of rotatable bonds is 3. The Kier molecular flexibility index (Phi) is 3.09. The normalized spacial score (nSPS) is 12.4. The molecule has 0 fully saturated rings. The van der Waals surface area contributed by atoms with Gasteiger partial charge in [0.25, 0.3) is 0 Å². The van der Waals surface area contributed by atoms with Crippen molar-refractivity contribution in [2.75, 3.05) is 5.32 Å². The Hall–Kier alpha value is -1.56. The van der Waals surface area contributed by atoms with Gasteiger partial charge < -0.3 is 5.32 Å². The maximum Gasteiger partial charge on any atom is 0.168 e. The Morgan fingerprint density at radius 1 is 1.38 bits per heavy atom. The number of anilines is 1. The van der Waals surface area contributed by atoms with E-state index in [2.05, 4.69) is 15.3 Å². The minimum absolute atomic E-state index is 0.0316. The van der Waals surface area contributed by atoms with E-state index in [1.807, 2.05) is 12.3 Å². The molecule has 0 aliphatic rings. The van der Waals surface area contributed by atoms with E-state index in [4.69, 9.17) is 0 Å². The second-order valence-electron chi connectivity index (χ2n) is 3.22. The monoisotopic (exact) mass is 241 g/mol. The third-order valence-electron chi connectivity index (χ3n) is 1.98. The summed E-state index contributed by atoms with van der Waals surface area (Å²) in [6.45, 7) is 1.84. The highest BCUT2D eigenvalue weighted by Gasteiger charge is 2.11. The van der Waals surface area contributed by atoms with Crippen molar-refractivity contribution < 1.29 is 8.78 Å². The van der Waals surface area contributed by atoms with Crippen LogP contribution in [0.5, 0.6) is 0 Å². The molecule has 1 N–H and O–H groups in total. The van der Waals surface area contributed by atoms with Crippen LogP contribution in [0.1, 0.15) is 18.0 Å². The van der Waals surface area contributed by atoms with Crippen molar-refractivity contribution in [1.29, 1.82) is 0 Å². The van der Waals surface area contributed by atoms with E-state index in [-0.39, 0.29) is 11.9 Å². The molecule has 16 heavy (non-hydrogen) atoms. The van der Waals surface area contributed by atoms with Gasteiger partial charge in [-0.1, -0.05) is 0 Å². The molecule has 0 radical (unpaired) electrons. The fourth-order valence-electron chi connectivity index (χ4n) is 1.24. The molecule has 1 atom stereocenters. The lowest BCUT2D eigenvalue weighted by Gasteiger charge is -2.12. The van der Waals surface area contributed by atoms with Gasteiger partial charge in [0.2, 0.25) is 0 Å². The first-order valence-electron chi connectivity index (χ1n) is 4.64. The zero-order chi connectivity index (χ0) is 11.5. The highest BCUT2D eigenvalue weighted by molar-refractivity contribution is 7.09. The average molecular weight is 241 g/mol. The fourth-order valence-corrected chi connectivity index (χ4v) is 1.88. The van der Waals surface area contributed by atoms with E-state index in [0.29, 0.717) is 0 Å². The summed E-state index contributed by atoms with van der Waals surface area (Å²) in [4.78, 5) is 7.73. The Morgan fingerprint density at radius 3 is 2.81 bits per heavy atom. The van der Waals surface area contributed by atoms with Crippen LogP contribution in [0.15, 0.2) is 23.8 Å². The summed E-state index contributed by atoms with van der Waals surface area (Å²) >= 11 is 1.46. The van der Waals surface area contributed by atoms with Gasteiger partial charge in [-0.15, -0.1) is 11.3 Å². The molecule has 2 heterocycles.